The van der Waals surface area contributed by atoms with E-state index in [1.165, 1.54) is 6.20 Å². The Morgan fingerprint density at radius 1 is 1.44 bits per heavy atom. The van der Waals surface area contributed by atoms with Gasteiger partial charge in [0.2, 0.25) is 10.0 Å². The van der Waals surface area contributed by atoms with Crippen molar-refractivity contribution < 1.29 is 8.42 Å². The van der Waals surface area contributed by atoms with Crippen LogP contribution in [0.5, 0.6) is 0 Å². The minimum atomic E-state index is -3.41. The van der Waals surface area contributed by atoms with Gasteiger partial charge in [-0.3, -0.25) is 0 Å². The van der Waals surface area contributed by atoms with Crippen molar-refractivity contribution in [1.29, 1.82) is 0 Å². The van der Waals surface area contributed by atoms with Crippen LogP contribution in [0.1, 0.15) is 20.3 Å². The molecule has 2 rings (SSSR count). The van der Waals surface area contributed by atoms with Crippen LogP contribution >= 0.6 is 0 Å². The molecule has 1 aliphatic rings. The van der Waals surface area contributed by atoms with Gasteiger partial charge < -0.3 is 5.32 Å². The Balaban J connectivity index is 1.99. The lowest BCUT2D eigenvalue weighted by Crippen LogP contribution is -2.26. The second-order valence-corrected chi connectivity index (χ2v) is 6.50. The Morgan fingerprint density at radius 3 is 2.67 bits per heavy atom. The van der Waals surface area contributed by atoms with Crippen molar-refractivity contribution in [2.45, 2.75) is 25.2 Å². The van der Waals surface area contributed by atoms with Crippen LogP contribution in [-0.4, -0.2) is 26.5 Å². The minimum Gasteiger partial charge on any atom is -0.370 e. The molecule has 1 saturated carbocycles. The summed E-state index contributed by atoms with van der Waals surface area (Å²) < 4.78 is 26.6. The highest BCUT2D eigenvalue weighted by atomic mass is 32.2. The fourth-order valence-electron chi connectivity index (χ4n) is 1.81. The number of anilines is 1. The minimum absolute atomic E-state index is 0.220. The third-order valence-corrected chi connectivity index (χ3v) is 4.63. The van der Waals surface area contributed by atoms with E-state index in [1.807, 2.05) is 6.92 Å². The van der Waals surface area contributed by atoms with E-state index in [1.54, 1.807) is 12.1 Å². The van der Waals surface area contributed by atoms with Gasteiger partial charge in [0.1, 0.15) is 10.7 Å². The van der Waals surface area contributed by atoms with Crippen molar-refractivity contribution in [3.05, 3.63) is 18.3 Å². The molecule has 0 aliphatic heterocycles. The van der Waals surface area contributed by atoms with Gasteiger partial charge in [-0.2, -0.15) is 0 Å². The van der Waals surface area contributed by atoms with Crippen molar-refractivity contribution in [3.8, 4) is 0 Å². The van der Waals surface area contributed by atoms with Gasteiger partial charge in [0.25, 0.3) is 0 Å². The van der Waals surface area contributed by atoms with E-state index in [0.717, 1.165) is 13.0 Å². The molecule has 18 heavy (non-hydrogen) atoms. The van der Waals surface area contributed by atoms with Crippen molar-refractivity contribution in [2.75, 3.05) is 18.4 Å². The summed E-state index contributed by atoms with van der Waals surface area (Å²) in [6.45, 7) is 5.38. The van der Waals surface area contributed by atoms with Crippen LogP contribution in [-0.2, 0) is 10.0 Å². The van der Waals surface area contributed by atoms with Crippen molar-refractivity contribution in [2.24, 2.45) is 11.8 Å². The van der Waals surface area contributed by atoms with E-state index in [-0.39, 0.29) is 4.90 Å². The molecule has 0 radical (unpaired) electrons. The number of nitrogens with zero attached hydrogens (tertiary/aromatic N) is 1. The Morgan fingerprint density at radius 2 is 2.17 bits per heavy atom. The van der Waals surface area contributed by atoms with Crippen LogP contribution in [0.2, 0.25) is 0 Å². The molecule has 2 unspecified atom stereocenters. The Hall–Kier alpha value is -1.14. The first-order chi connectivity index (χ1) is 8.53. The fourth-order valence-corrected chi connectivity index (χ4v) is 2.85. The summed E-state index contributed by atoms with van der Waals surface area (Å²) in [5.74, 6) is 1.82. The van der Waals surface area contributed by atoms with Crippen molar-refractivity contribution >= 4 is 15.8 Å². The Bertz CT molecular complexity index is 499. The van der Waals surface area contributed by atoms with E-state index >= 15 is 0 Å². The lowest BCUT2D eigenvalue weighted by atomic mass is 10.3. The van der Waals surface area contributed by atoms with E-state index in [0.29, 0.717) is 24.2 Å². The third-order valence-electron chi connectivity index (χ3n) is 3.22. The Labute approximate surface area is 108 Å². The smallest absolute Gasteiger partial charge is 0.242 e. The number of pyridine rings is 1. The molecule has 2 atom stereocenters. The maximum absolute atomic E-state index is 12.0. The van der Waals surface area contributed by atoms with Crippen LogP contribution in [0.3, 0.4) is 0 Å². The molecule has 1 aromatic rings. The predicted molar refractivity (Wildman–Crippen MR) is 70.9 cm³/mol. The lowest BCUT2D eigenvalue weighted by molar-refractivity contribution is 0.574. The second-order valence-electron chi connectivity index (χ2n) is 4.73. The number of aromatic nitrogens is 1. The number of rotatable bonds is 6. The molecule has 0 saturated heterocycles. The largest absolute Gasteiger partial charge is 0.370 e. The monoisotopic (exact) mass is 269 g/mol. The lowest BCUT2D eigenvalue weighted by Gasteiger charge is -2.07. The first kappa shape index (κ1) is 13.3. The average Bonchev–Trinajstić information content (AvgIpc) is 3.04. The quantitative estimate of drug-likeness (QED) is 0.820. The molecule has 5 nitrogen and oxygen atoms in total. The molecule has 6 heteroatoms. The SMILES string of the molecule is CCNc1ccc(S(=O)(=O)NCC2CC2C)cn1. The maximum Gasteiger partial charge on any atom is 0.242 e. The summed E-state index contributed by atoms with van der Waals surface area (Å²) in [6, 6.07) is 3.25. The zero-order chi connectivity index (χ0) is 13.2. The summed E-state index contributed by atoms with van der Waals surface area (Å²) in [7, 11) is -3.41. The van der Waals surface area contributed by atoms with Gasteiger partial charge >= 0.3 is 0 Å². The highest BCUT2D eigenvalue weighted by molar-refractivity contribution is 7.89. The summed E-state index contributed by atoms with van der Waals surface area (Å²) in [5.41, 5.74) is 0. The summed E-state index contributed by atoms with van der Waals surface area (Å²) in [6.07, 6.45) is 2.50. The molecular formula is C12H19N3O2S. The van der Waals surface area contributed by atoms with Crippen LogP contribution < -0.4 is 10.0 Å². The first-order valence-corrected chi connectivity index (χ1v) is 7.71. The number of hydrogen-bond acceptors (Lipinski definition) is 4. The van der Waals surface area contributed by atoms with E-state index in [2.05, 4.69) is 21.9 Å². The summed E-state index contributed by atoms with van der Waals surface area (Å²) >= 11 is 0. The summed E-state index contributed by atoms with van der Waals surface area (Å²) in [5, 5.41) is 3.03. The van der Waals surface area contributed by atoms with Gasteiger partial charge in [0, 0.05) is 19.3 Å². The average molecular weight is 269 g/mol. The predicted octanol–water partition coefficient (Wildman–Crippen LogP) is 1.45. The van der Waals surface area contributed by atoms with E-state index in [9.17, 15) is 8.42 Å². The van der Waals surface area contributed by atoms with Gasteiger partial charge in [-0.15, -0.1) is 0 Å². The van der Waals surface area contributed by atoms with Crippen molar-refractivity contribution in [1.82, 2.24) is 9.71 Å². The standard InChI is InChI=1S/C12H19N3O2S/c1-3-13-12-5-4-11(8-14-12)18(16,17)15-7-10-6-9(10)2/h4-5,8-10,15H,3,6-7H2,1-2H3,(H,13,14). The Kier molecular flexibility index (Phi) is 3.87. The molecule has 100 valence electrons. The van der Waals surface area contributed by atoms with E-state index in [4.69, 9.17) is 0 Å². The highest BCUT2D eigenvalue weighted by Crippen LogP contribution is 2.37. The van der Waals surface area contributed by atoms with Gasteiger partial charge in [-0.05, 0) is 37.3 Å². The highest BCUT2D eigenvalue weighted by Gasteiger charge is 2.33. The summed E-state index contributed by atoms with van der Waals surface area (Å²) in [4.78, 5) is 4.28. The molecule has 2 N–H and O–H groups in total. The molecule has 1 fully saturated rings. The van der Waals surface area contributed by atoms with Crippen LogP contribution in [0.25, 0.3) is 0 Å². The molecule has 0 aromatic carbocycles. The molecule has 1 aromatic heterocycles. The fraction of sp³-hybridized carbons (Fsp3) is 0.583. The van der Waals surface area contributed by atoms with E-state index < -0.39 is 10.0 Å². The van der Waals surface area contributed by atoms with Crippen LogP contribution in [0.15, 0.2) is 23.2 Å². The maximum atomic E-state index is 12.0. The second kappa shape index (κ2) is 5.24. The van der Waals surface area contributed by atoms with Gasteiger partial charge in [-0.25, -0.2) is 18.1 Å². The molecule has 0 spiro atoms. The zero-order valence-electron chi connectivity index (χ0n) is 10.7. The van der Waals surface area contributed by atoms with Crippen LogP contribution in [0.4, 0.5) is 5.82 Å². The van der Waals surface area contributed by atoms with Crippen LogP contribution in [0, 0.1) is 11.8 Å². The normalized spacial score (nSPS) is 22.8. The number of hydrogen-bond donors (Lipinski definition) is 2. The van der Waals surface area contributed by atoms with Gasteiger partial charge in [-0.1, -0.05) is 6.92 Å². The molecule has 1 heterocycles. The molecule has 0 amide bonds. The molecular weight excluding hydrogens is 250 g/mol. The van der Waals surface area contributed by atoms with Crippen molar-refractivity contribution in [3.63, 3.8) is 0 Å². The third kappa shape index (κ3) is 3.20. The first-order valence-electron chi connectivity index (χ1n) is 6.22. The number of sulfonamides is 1. The number of nitrogens with one attached hydrogen (secondary N) is 2. The molecule has 0 bridgehead atoms. The topological polar surface area (TPSA) is 71.1 Å². The zero-order valence-corrected chi connectivity index (χ0v) is 11.5. The van der Waals surface area contributed by atoms with Gasteiger partial charge in [0.05, 0.1) is 0 Å². The molecule has 1 aliphatic carbocycles. The van der Waals surface area contributed by atoms with Gasteiger partial charge in [0.15, 0.2) is 0 Å².